The number of fused-ring (bicyclic) bond motifs is 5. The van der Waals surface area contributed by atoms with Gasteiger partial charge in [-0.3, -0.25) is 0 Å². The average Bonchev–Trinajstić information content (AvgIpc) is 3.19. The lowest BCUT2D eigenvalue weighted by atomic mass is 9.47. The van der Waals surface area contributed by atoms with Gasteiger partial charge in [0.15, 0.2) is 0 Å². The van der Waals surface area contributed by atoms with E-state index in [-0.39, 0.29) is 12.2 Å². The van der Waals surface area contributed by atoms with Gasteiger partial charge in [-0.1, -0.05) is 65.5 Å². The molecule has 0 aromatic heterocycles. The maximum absolute atomic E-state index is 12.3. The molecule has 0 heterocycles. The third-order valence-corrected chi connectivity index (χ3v) is 11.4. The van der Waals surface area contributed by atoms with Gasteiger partial charge in [0, 0.05) is 13.0 Å². The number of allylic oxidation sites excluding steroid dienone is 1. The third kappa shape index (κ3) is 5.69. The zero-order valence-corrected chi connectivity index (χ0v) is 24.1. The zero-order chi connectivity index (χ0) is 25.9. The molecule has 4 heteroatoms. The normalized spacial score (nSPS) is 38.5. The van der Waals surface area contributed by atoms with Crippen molar-refractivity contribution < 1.29 is 9.53 Å². The first-order chi connectivity index (χ1) is 17.2. The third-order valence-electron chi connectivity index (χ3n) is 11.4. The fourth-order valence-electron chi connectivity index (χ4n) is 9.41. The second kappa shape index (κ2) is 11.8. The van der Waals surface area contributed by atoms with E-state index in [1.165, 1.54) is 57.8 Å². The second-order valence-corrected chi connectivity index (χ2v) is 14.0. The van der Waals surface area contributed by atoms with Gasteiger partial charge in [-0.05, 0) is 111 Å². The van der Waals surface area contributed by atoms with Gasteiger partial charge in [0.1, 0.15) is 6.10 Å². The van der Waals surface area contributed by atoms with Gasteiger partial charge in [-0.2, -0.15) is 0 Å². The molecule has 4 aliphatic rings. The average molecular weight is 501 g/mol. The molecule has 4 nitrogen and oxygen atoms in total. The lowest BCUT2D eigenvalue weighted by molar-refractivity contribution is -0.0581. The minimum absolute atomic E-state index is 0.0341. The van der Waals surface area contributed by atoms with Gasteiger partial charge in [-0.15, -0.1) is 0 Å². The molecule has 0 aromatic carbocycles. The molecule has 3 N–H and O–H groups in total. The summed E-state index contributed by atoms with van der Waals surface area (Å²) in [5.41, 5.74) is 7.99. The monoisotopic (exact) mass is 500 g/mol. The highest BCUT2D eigenvalue weighted by Gasteiger charge is 2.59. The Labute approximate surface area is 222 Å². The molecule has 1 amide bonds. The molecule has 0 bridgehead atoms. The van der Waals surface area contributed by atoms with E-state index in [0.29, 0.717) is 23.9 Å². The first-order valence-electron chi connectivity index (χ1n) is 15.5. The summed E-state index contributed by atoms with van der Waals surface area (Å²) in [5, 5.41) is 2.92. The summed E-state index contributed by atoms with van der Waals surface area (Å²) in [6.07, 6.45) is 18.5. The minimum atomic E-state index is -0.247. The summed E-state index contributed by atoms with van der Waals surface area (Å²) in [6.45, 7) is 13.9. The Morgan fingerprint density at radius 1 is 1.06 bits per heavy atom. The Morgan fingerprint density at radius 2 is 1.86 bits per heavy atom. The molecular weight excluding hydrogens is 444 g/mol. The highest BCUT2D eigenvalue weighted by molar-refractivity contribution is 5.67. The summed E-state index contributed by atoms with van der Waals surface area (Å²) in [4.78, 5) is 12.3. The molecule has 4 aliphatic carbocycles. The smallest absolute Gasteiger partial charge is 0.407 e. The van der Waals surface area contributed by atoms with E-state index in [9.17, 15) is 4.79 Å². The van der Waals surface area contributed by atoms with Gasteiger partial charge >= 0.3 is 6.09 Å². The fraction of sp³-hybridized carbons (Fsp3) is 0.906. The van der Waals surface area contributed by atoms with Crippen molar-refractivity contribution in [2.75, 3.05) is 13.1 Å². The van der Waals surface area contributed by atoms with Crippen LogP contribution in [0.1, 0.15) is 118 Å². The molecule has 4 rings (SSSR count). The number of carbonyl (C=O) groups is 1. The van der Waals surface area contributed by atoms with Crippen molar-refractivity contribution in [1.29, 1.82) is 0 Å². The van der Waals surface area contributed by atoms with E-state index in [4.69, 9.17) is 10.5 Å². The summed E-state index contributed by atoms with van der Waals surface area (Å²) in [6, 6.07) is 0. The van der Waals surface area contributed by atoms with Gasteiger partial charge in [0.2, 0.25) is 0 Å². The number of alkyl carbamates (subject to hydrolysis) is 1. The lowest BCUT2D eigenvalue weighted by Gasteiger charge is -2.58. The number of rotatable bonds is 10. The van der Waals surface area contributed by atoms with Gasteiger partial charge in [-0.25, -0.2) is 4.79 Å². The molecule has 3 saturated carbocycles. The number of nitrogens with two attached hydrogens (primary N) is 1. The van der Waals surface area contributed by atoms with Crippen molar-refractivity contribution in [3.05, 3.63) is 11.6 Å². The molecular formula is C32H56N2O2. The predicted molar refractivity (Wildman–Crippen MR) is 150 cm³/mol. The Morgan fingerprint density at radius 3 is 2.61 bits per heavy atom. The Kier molecular flexibility index (Phi) is 9.16. The molecule has 3 fully saturated rings. The maximum atomic E-state index is 12.3. The van der Waals surface area contributed by atoms with Crippen LogP contribution in [0.3, 0.4) is 0 Å². The highest BCUT2D eigenvalue weighted by Crippen LogP contribution is 2.67. The van der Waals surface area contributed by atoms with Gasteiger partial charge in [0.05, 0.1) is 0 Å². The number of carbonyl (C=O) groups excluding carboxylic acids is 1. The van der Waals surface area contributed by atoms with Crippen LogP contribution in [0.25, 0.3) is 0 Å². The number of amides is 1. The van der Waals surface area contributed by atoms with Crippen molar-refractivity contribution in [3.63, 3.8) is 0 Å². The maximum Gasteiger partial charge on any atom is 0.407 e. The molecule has 206 valence electrons. The molecule has 0 saturated heterocycles. The fourth-order valence-corrected chi connectivity index (χ4v) is 9.41. The van der Waals surface area contributed by atoms with Crippen LogP contribution >= 0.6 is 0 Å². The number of nitrogens with one attached hydrogen (secondary N) is 1. The van der Waals surface area contributed by atoms with E-state index in [1.54, 1.807) is 5.57 Å². The van der Waals surface area contributed by atoms with E-state index in [0.717, 1.165) is 61.2 Å². The summed E-state index contributed by atoms with van der Waals surface area (Å²) >= 11 is 0. The largest absolute Gasteiger partial charge is 0.446 e. The van der Waals surface area contributed by atoms with Crippen molar-refractivity contribution in [1.82, 2.24) is 5.32 Å². The van der Waals surface area contributed by atoms with E-state index in [2.05, 4.69) is 46.0 Å². The topological polar surface area (TPSA) is 64.3 Å². The van der Waals surface area contributed by atoms with Crippen LogP contribution in [-0.2, 0) is 4.74 Å². The Bertz CT molecular complexity index is 778. The van der Waals surface area contributed by atoms with Gasteiger partial charge in [0.25, 0.3) is 0 Å². The van der Waals surface area contributed by atoms with E-state index < -0.39 is 0 Å². The van der Waals surface area contributed by atoms with E-state index >= 15 is 0 Å². The predicted octanol–water partition coefficient (Wildman–Crippen LogP) is 7.86. The Balaban J connectivity index is 1.36. The lowest BCUT2D eigenvalue weighted by Crippen LogP contribution is -2.51. The molecule has 36 heavy (non-hydrogen) atoms. The number of ether oxygens (including phenoxy) is 1. The summed E-state index contributed by atoms with van der Waals surface area (Å²) < 4.78 is 5.85. The molecule has 0 radical (unpaired) electrons. The molecule has 0 aliphatic heterocycles. The molecule has 0 unspecified atom stereocenters. The van der Waals surface area contributed by atoms with Crippen LogP contribution in [0.5, 0.6) is 0 Å². The Hall–Kier alpha value is -1.03. The van der Waals surface area contributed by atoms with Crippen LogP contribution in [0.2, 0.25) is 0 Å². The SMILES string of the molecule is CC(C)CCC[C@@H](C)[C@H]1CC[C@H]2[C@@H]3CC=C4C[C@@H](OC(=O)NCCCCN)CC[C@]4(C)[C@H]3CC[C@]12C. The van der Waals surface area contributed by atoms with Crippen molar-refractivity contribution in [3.8, 4) is 0 Å². The van der Waals surface area contributed by atoms with Gasteiger partial charge < -0.3 is 15.8 Å². The first kappa shape index (κ1) is 28.0. The molecule has 0 spiro atoms. The van der Waals surface area contributed by atoms with Crippen molar-refractivity contribution >= 4 is 6.09 Å². The number of hydrogen-bond donors (Lipinski definition) is 2. The van der Waals surface area contributed by atoms with Crippen LogP contribution in [-0.4, -0.2) is 25.3 Å². The van der Waals surface area contributed by atoms with Crippen molar-refractivity contribution in [2.45, 2.75) is 124 Å². The second-order valence-electron chi connectivity index (χ2n) is 14.0. The van der Waals surface area contributed by atoms with Crippen molar-refractivity contribution in [2.24, 2.45) is 52.1 Å². The zero-order valence-electron chi connectivity index (χ0n) is 24.1. The highest BCUT2D eigenvalue weighted by atomic mass is 16.6. The standard InChI is InChI=1S/C32H56N2O2/c1-22(2)9-8-10-23(3)27-13-14-28-26-12-11-24-21-25(36-30(35)34-20-7-6-19-33)15-17-31(24,4)29(26)16-18-32(27,28)5/h11,22-23,25-29H,6-10,12-21,33H2,1-5H3,(H,34,35)/t23-,25+,26+,27-,28+,29+,31+,32-/m1/s1. The van der Waals surface area contributed by atoms with E-state index in [1.807, 2.05) is 0 Å². The number of hydrogen-bond acceptors (Lipinski definition) is 3. The van der Waals surface area contributed by atoms with Crippen LogP contribution < -0.4 is 11.1 Å². The van der Waals surface area contributed by atoms with Crippen LogP contribution in [0, 0.1) is 46.3 Å². The first-order valence-corrected chi connectivity index (χ1v) is 15.5. The summed E-state index contributed by atoms with van der Waals surface area (Å²) in [5.74, 6) is 5.19. The molecule has 0 aromatic rings. The quantitative estimate of drug-likeness (QED) is 0.237. The number of unbranched alkanes of at least 4 members (excludes halogenated alkanes) is 1. The molecule has 8 atom stereocenters. The van der Waals surface area contributed by atoms with Crippen LogP contribution in [0.4, 0.5) is 4.79 Å². The summed E-state index contributed by atoms with van der Waals surface area (Å²) in [7, 11) is 0. The van der Waals surface area contributed by atoms with Crippen LogP contribution in [0.15, 0.2) is 11.6 Å². The minimum Gasteiger partial charge on any atom is -0.446 e.